The van der Waals surface area contributed by atoms with Crippen molar-refractivity contribution >= 4 is 22.0 Å². The van der Waals surface area contributed by atoms with E-state index in [-0.39, 0.29) is 12.1 Å². The van der Waals surface area contributed by atoms with Crippen molar-refractivity contribution in [2.75, 3.05) is 6.54 Å². The third kappa shape index (κ3) is 7.80. The first-order chi connectivity index (χ1) is 10.2. The van der Waals surface area contributed by atoms with Crippen molar-refractivity contribution in [3.8, 4) is 0 Å². The Kier molecular flexibility index (Phi) is 7.36. The summed E-state index contributed by atoms with van der Waals surface area (Å²) >= 11 is 3.50. The summed E-state index contributed by atoms with van der Waals surface area (Å²) in [5, 5.41) is 6.24. The second-order valence-electron chi connectivity index (χ2n) is 6.60. The van der Waals surface area contributed by atoms with Gasteiger partial charge < -0.3 is 15.4 Å². The predicted molar refractivity (Wildman–Crippen MR) is 94.0 cm³/mol. The molecule has 5 heteroatoms. The molecule has 0 radical (unpaired) electrons. The first-order valence-electron chi connectivity index (χ1n) is 7.62. The Hall–Kier alpha value is -1.07. The number of hydrogen-bond donors (Lipinski definition) is 2. The smallest absolute Gasteiger partial charge is 0.407 e. The molecule has 0 aromatic heterocycles. The second-order valence-corrected chi connectivity index (χ2v) is 7.45. The molecule has 1 rings (SSSR count). The zero-order valence-electron chi connectivity index (χ0n) is 14.1. The summed E-state index contributed by atoms with van der Waals surface area (Å²) in [7, 11) is 0. The highest BCUT2D eigenvalue weighted by Crippen LogP contribution is 2.16. The number of carbonyl (C=O) groups excluding carboxylic acids is 1. The average Bonchev–Trinajstić information content (AvgIpc) is 2.36. The molecule has 4 nitrogen and oxygen atoms in total. The van der Waals surface area contributed by atoms with E-state index in [2.05, 4.69) is 51.7 Å². The van der Waals surface area contributed by atoms with Crippen molar-refractivity contribution in [1.29, 1.82) is 0 Å². The summed E-state index contributed by atoms with van der Waals surface area (Å²) in [6.45, 7) is 11.3. The Balaban J connectivity index is 2.23. The highest BCUT2D eigenvalue weighted by molar-refractivity contribution is 9.10. The Morgan fingerprint density at radius 2 is 2.05 bits per heavy atom. The minimum atomic E-state index is -0.457. The van der Waals surface area contributed by atoms with Gasteiger partial charge in [-0.25, -0.2) is 4.79 Å². The van der Waals surface area contributed by atoms with E-state index < -0.39 is 5.60 Å². The van der Waals surface area contributed by atoms with Crippen LogP contribution >= 0.6 is 15.9 Å². The molecule has 124 valence electrons. The van der Waals surface area contributed by atoms with E-state index in [1.165, 1.54) is 11.1 Å². The van der Waals surface area contributed by atoms with E-state index in [0.717, 1.165) is 24.0 Å². The topological polar surface area (TPSA) is 50.4 Å². The molecule has 0 spiro atoms. The Labute approximate surface area is 142 Å². The number of halogens is 1. The van der Waals surface area contributed by atoms with Gasteiger partial charge in [0, 0.05) is 17.1 Å². The van der Waals surface area contributed by atoms with Crippen molar-refractivity contribution in [2.45, 2.75) is 59.2 Å². The van der Waals surface area contributed by atoms with E-state index >= 15 is 0 Å². The monoisotopic (exact) mass is 370 g/mol. The number of alkyl carbamates (subject to hydrolysis) is 1. The number of amides is 1. The van der Waals surface area contributed by atoms with Gasteiger partial charge in [0.2, 0.25) is 0 Å². The third-order valence-corrected chi connectivity index (χ3v) is 3.96. The van der Waals surface area contributed by atoms with E-state index in [4.69, 9.17) is 4.74 Å². The van der Waals surface area contributed by atoms with Crippen LogP contribution in [0.15, 0.2) is 22.7 Å². The SMILES string of the molecule is Cc1cc(CNCCC(C)NC(=O)OC(C)(C)C)ccc1Br. The number of carbonyl (C=O) groups is 1. The van der Waals surface area contributed by atoms with Crippen LogP contribution in [0, 0.1) is 6.92 Å². The maximum atomic E-state index is 11.6. The molecule has 0 aliphatic heterocycles. The molecule has 0 saturated heterocycles. The lowest BCUT2D eigenvalue weighted by Gasteiger charge is -2.22. The summed E-state index contributed by atoms with van der Waals surface area (Å²) in [4.78, 5) is 11.6. The Bertz CT molecular complexity index is 498. The van der Waals surface area contributed by atoms with Crippen LogP contribution in [-0.2, 0) is 11.3 Å². The highest BCUT2D eigenvalue weighted by Gasteiger charge is 2.17. The molecule has 0 heterocycles. The second kappa shape index (κ2) is 8.53. The fourth-order valence-corrected chi connectivity index (χ4v) is 2.20. The maximum Gasteiger partial charge on any atom is 0.407 e. The molecule has 1 atom stereocenters. The van der Waals surface area contributed by atoms with Gasteiger partial charge >= 0.3 is 6.09 Å². The number of rotatable bonds is 6. The third-order valence-electron chi connectivity index (χ3n) is 3.07. The molecule has 22 heavy (non-hydrogen) atoms. The van der Waals surface area contributed by atoms with Gasteiger partial charge in [0.05, 0.1) is 0 Å². The van der Waals surface area contributed by atoms with E-state index in [9.17, 15) is 4.79 Å². The van der Waals surface area contributed by atoms with Crippen LogP contribution < -0.4 is 10.6 Å². The van der Waals surface area contributed by atoms with Crippen LogP contribution in [0.5, 0.6) is 0 Å². The van der Waals surface area contributed by atoms with Crippen LogP contribution in [0.4, 0.5) is 4.79 Å². The zero-order valence-corrected chi connectivity index (χ0v) is 15.7. The van der Waals surface area contributed by atoms with Crippen LogP contribution in [0.3, 0.4) is 0 Å². The molecule has 0 fully saturated rings. The molecule has 1 aromatic carbocycles. The molecular weight excluding hydrogens is 344 g/mol. The summed E-state index contributed by atoms with van der Waals surface area (Å²) in [5.41, 5.74) is 2.04. The molecular formula is C17H27BrN2O2. The van der Waals surface area contributed by atoms with Crippen molar-refractivity contribution in [1.82, 2.24) is 10.6 Å². The van der Waals surface area contributed by atoms with Gasteiger partial charge in [-0.1, -0.05) is 28.1 Å². The van der Waals surface area contributed by atoms with Crippen molar-refractivity contribution in [2.24, 2.45) is 0 Å². The fraction of sp³-hybridized carbons (Fsp3) is 0.588. The molecule has 0 aliphatic carbocycles. The quantitative estimate of drug-likeness (QED) is 0.739. The number of ether oxygens (including phenoxy) is 1. The molecule has 2 N–H and O–H groups in total. The summed E-state index contributed by atoms with van der Waals surface area (Å²) < 4.78 is 6.36. The van der Waals surface area contributed by atoms with Gasteiger partial charge in [-0.3, -0.25) is 0 Å². The molecule has 0 bridgehead atoms. The van der Waals surface area contributed by atoms with Crippen LogP contribution in [-0.4, -0.2) is 24.3 Å². The molecule has 1 unspecified atom stereocenters. The van der Waals surface area contributed by atoms with Gasteiger partial charge in [-0.15, -0.1) is 0 Å². The number of aryl methyl sites for hydroxylation is 1. The number of benzene rings is 1. The van der Waals surface area contributed by atoms with Gasteiger partial charge in [-0.2, -0.15) is 0 Å². The summed E-state index contributed by atoms with van der Waals surface area (Å²) in [6, 6.07) is 6.42. The number of hydrogen-bond acceptors (Lipinski definition) is 3. The molecule has 1 amide bonds. The summed E-state index contributed by atoms with van der Waals surface area (Å²) in [6.07, 6.45) is 0.498. The Morgan fingerprint density at radius 1 is 1.36 bits per heavy atom. The largest absolute Gasteiger partial charge is 0.444 e. The Morgan fingerprint density at radius 3 is 2.64 bits per heavy atom. The normalized spacial score (nSPS) is 12.8. The lowest BCUT2D eigenvalue weighted by molar-refractivity contribution is 0.0506. The van der Waals surface area contributed by atoms with E-state index in [0.29, 0.717) is 0 Å². The standard InChI is InChI=1S/C17H27BrN2O2/c1-12-10-14(6-7-15(12)18)11-19-9-8-13(2)20-16(21)22-17(3,4)5/h6-7,10,13,19H,8-9,11H2,1-5H3,(H,20,21). The minimum Gasteiger partial charge on any atom is -0.444 e. The lowest BCUT2D eigenvalue weighted by atomic mass is 10.1. The lowest BCUT2D eigenvalue weighted by Crippen LogP contribution is -2.38. The van der Waals surface area contributed by atoms with Gasteiger partial charge in [-0.05, 0) is 64.8 Å². The predicted octanol–water partition coefficient (Wildman–Crippen LogP) is 4.15. The van der Waals surface area contributed by atoms with Crippen LogP contribution in [0.1, 0.15) is 45.2 Å². The first kappa shape index (κ1) is 19.0. The fourth-order valence-electron chi connectivity index (χ4n) is 1.95. The van der Waals surface area contributed by atoms with Crippen molar-refractivity contribution in [3.05, 3.63) is 33.8 Å². The maximum absolute atomic E-state index is 11.6. The van der Waals surface area contributed by atoms with Gasteiger partial charge in [0.15, 0.2) is 0 Å². The zero-order chi connectivity index (χ0) is 16.8. The van der Waals surface area contributed by atoms with Gasteiger partial charge in [0.1, 0.15) is 5.60 Å². The van der Waals surface area contributed by atoms with Crippen LogP contribution in [0.2, 0.25) is 0 Å². The van der Waals surface area contributed by atoms with E-state index in [1.54, 1.807) is 0 Å². The van der Waals surface area contributed by atoms with Crippen molar-refractivity contribution < 1.29 is 9.53 Å². The minimum absolute atomic E-state index is 0.0778. The van der Waals surface area contributed by atoms with E-state index in [1.807, 2.05) is 27.7 Å². The summed E-state index contributed by atoms with van der Waals surface area (Å²) in [5.74, 6) is 0. The molecule has 1 aromatic rings. The van der Waals surface area contributed by atoms with Crippen molar-refractivity contribution in [3.63, 3.8) is 0 Å². The average molecular weight is 371 g/mol. The molecule has 0 aliphatic rings. The van der Waals surface area contributed by atoms with Gasteiger partial charge in [0.25, 0.3) is 0 Å². The first-order valence-corrected chi connectivity index (χ1v) is 8.42. The molecule has 0 saturated carbocycles. The number of nitrogens with one attached hydrogen (secondary N) is 2. The van der Waals surface area contributed by atoms with Crippen LogP contribution in [0.25, 0.3) is 0 Å². The highest BCUT2D eigenvalue weighted by atomic mass is 79.9.